The molecule has 0 aromatic heterocycles. The van der Waals surface area contributed by atoms with E-state index in [4.69, 9.17) is 9.57 Å². The quantitative estimate of drug-likeness (QED) is 0.187. The van der Waals surface area contributed by atoms with Gasteiger partial charge in [0.2, 0.25) is 5.91 Å². The third-order valence-corrected chi connectivity index (χ3v) is 13.1. The van der Waals surface area contributed by atoms with Crippen molar-refractivity contribution < 1.29 is 29.4 Å². The summed E-state index contributed by atoms with van der Waals surface area (Å²) >= 11 is 0. The maximum Gasteiger partial charge on any atom is 0.251 e. The first-order chi connectivity index (χ1) is 25.8. The van der Waals surface area contributed by atoms with E-state index in [-0.39, 0.29) is 42.5 Å². The van der Waals surface area contributed by atoms with Gasteiger partial charge in [-0.3, -0.25) is 14.4 Å². The Hall–Kier alpha value is -4.16. The van der Waals surface area contributed by atoms with Crippen LogP contribution in [0.5, 0.6) is 5.75 Å². The van der Waals surface area contributed by atoms with Gasteiger partial charge >= 0.3 is 0 Å². The molecule has 4 fully saturated rings. The van der Waals surface area contributed by atoms with Gasteiger partial charge in [-0.05, 0) is 84.7 Å². The number of nitrogens with zero attached hydrogens (tertiary/aromatic N) is 2. The topological polar surface area (TPSA) is 136 Å². The number of hydroxylamine groups is 2. The molecule has 2 bridgehead atoms. The summed E-state index contributed by atoms with van der Waals surface area (Å²) in [7, 11) is 5.50. The number of hydrogen-bond acceptors (Lipinski definition) is 9. The van der Waals surface area contributed by atoms with Crippen LogP contribution >= 0.6 is 0 Å². The smallest absolute Gasteiger partial charge is 0.251 e. The number of nitrogens with one attached hydrogen (secondary N) is 3. The van der Waals surface area contributed by atoms with Gasteiger partial charge in [0.05, 0.1) is 32.4 Å². The maximum atomic E-state index is 14.3. The zero-order chi connectivity index (χ0) is 38.5. The molecule has 290 valence electrons. The van der Waals surface area contributed by atoms with Crippen LogP contribution in [0.2, 0.25) is 0 Å². The Kier molecular flexibility index (Phi) is 10.7. The summed E-state index contributed by atoms with van der Waals surface area (Å²) in [6.45, 7) is 9.04. The molecule has 11 heteroatoms. The lowest BCUT2D eigenvalue weighted by atomic mass is 9.45. The number of fused-ring (bicyclic) bond motifs is 3. The molecule has 3 aromatic carbocycles. The number of amides is 2. The number of aliphatic hydroxyl groups is 2. The van der Waals surface area contributed by atoms with Crippen LogP contribution in [0.3, 0.4) is 0 Å². The molecule has 3 aromatic rings. The van der Waals surface area contributed by atoms with E-state index in [0.717, 1.165) is 40.9 Å². The lowest BCUT2D eigenvalue weighted by Crippen LogP contribution is -2.62. The number of carbonyl (C=O) groups excluding carboxylic acids is 2. The molecule has 2 heterocycles. The average Bonchev–Trinajstić information content (AvgIpc) is 3.53. The zero-order valence-corrected chi connectivity index (χ0v) is 32.6. The third kappa shape index (κ3) is 7.07. The van der Waals surface area contributed by atoms with Crippen molar-refractivity contribution in [1.82, 2.24) is 15.7 Å². The van der Waals surface area contributed by atoms with Crippen LogP contribution in [-0.2, 0) is 22.6 Å². The van der Waals surface area contributed by atoms with Crippen LogP contribution in [0.4, 0.5) is 11.4 Å². The minimum Gasteiger partial charge on any atom is -0.496 e. The van der Waals surface area contributed by atoms with E-state index in [1.165, 1.54) is 12.0 Å². The molecule has 0 radical (unpaired) electrons. The minimum absolute atomic E-state index is 0.0392. The number of para-hydroxylation sites is 2. The normalized spacial score (nSPS) is 28.9. The number of methoxy groups -OCH3 is 1. The first-order valence-electron chi connectivity index (χ1n) is 19.4. The van der Waals surface area contributed by atoms with Crippen LogP contribution in [-0.4, -0.2) is 91.8 Å². The van der Waals surface area contributed by atoms with Crippen molar-refractivity contribution in [3.8, 4) is 16.9 Å². The largest absolute Gasteiger partial charge is 0.496 e. The first kappa shape index (κ1) is 38.1. The van der Waals surface area contributed by atoms with Crippen molar-refractivity contribution in [2.75, 3.05) is 44.6 Å². The second-order valence-electron chi connectivity index (χ2n) is 16.8. The molecule has 1 unspecified atom stereocenters. The highest BCUT2D eigenvalue weighted by Gasteiger charge is 2.57. The molecule has 11 nitrogen and oxygen atoms in total. The van der Waals surface area contributed by atoms with Crippen molar-refractivity contribution >= 4 is 23.2 Å². The fourth-order valence-electron chi connectivity index (χ4n) is 9.80. The van der Waals surface area contributed by atoms with Gasteiger partial charge in [-0.2, -0.15) is 5.06 Å². The van der Waals surface area contributed by atoms with E-state index < -0.39 is 24.2 Å². The number of anilines is 2. The highest BCUT2D eigenvalue weighted by molar-refractivity contribution is 5.97. The van der Waals surface area contributed by atoms with Gasteiger partial charge in [0, 0.05) is 60.7 Å². The molecule has 9 atom stereocenters. The fourth-order valence-corrected chi connectivity index (χ4v) is 9.80. The van der Waals surface area contributed by atoms with E-state index in [1.807, 2.05) is 67.5 Å². The van der Waals surface area contributed by atoms with Gasteiger partial charge in [0.15, 0.2) is 0 Å². The van der Waals surface area contributed by atoms with E-state index in [2.05, 4.69) is 48.9 Å². The second-order valence-corrected chi connectivity index (χ2v) is 16.8. The number of ether oxygens (including phenoxy) is 1. The van der Waals surface area contributed by atoms with Crippen molar-refractivity contribution in [1.29, 1.82) is 0 Å². The molecule has 2 aliphatic heterocycles. The number of rotatable bonds is 11. The number of aliphatic hydroxyl groups excluding tert-OH is 2. The highest BCUT2D eigenvalue weighted by atomic mass is 16.7. The Bertz CT molecular complexity index is 1860. The van der Waals surface area contributed by atoms with Gasteiger partial charge in [-0.15, -0.1) is 0 Å². The average molecular weight is 740 g/mol. The van der Waals surface area contributed by atoms with Crippen LogP contribution in [0.25, 0.3) is 11.1 Å². The Balaban J connectivity index is 1.15. The standard InChI is InChI=1S/C43H57N5O6/c1-24-34-19-30(43(34,3)4)20-36(24)46-42(52)39-38(25(2)50)37(23-49)54-48(39)22-27-12-10-13-33(40(27)53-7)28-15-29(18-32(17-28)47(5)6)41(51)45-31-16-26-11-8-9-14-35(26)44-21-31/h8-15,17-18,24-25,30-31,34,36-39,44,49-50H,16,19-23H2,1-7H3,(H,45,51)(H,46,52)/t24-,25-,30+,31?,34-,36-,37-,38-,39-/m0/s1. The number of hydrogen-bond donors (Lipinski definition) is 5. The van der Waals surface area contributed by atoms with Crippen LogP contribution in [0.15, 0.2) is 60.7 Å². The summed E-state index contributed by atoms with van der Waals surface area (Å²) in [6.07, 6.45) is 1.23. The van der Waals surface area contributed by atoms with Gasteiger partial charge in [-0.25, -0.2) is 0 Å². The molecule has 0 spiro atoms. The minimum atomic E-state index is -0.898. The van der Waals surface area contributed by atoms with E-state index >= 15 is 0 Å². The van der Waals surface area contributed by atoms with Gasteiger partial charge in [-0.1, -0.05) is 57.2 Å². The maximum absolute atomic E-state index is 14.3. The summed E-state index contributed by atoms with van der Waals surface area (Å²) in [5, 5.41) is 32.9. The van der Waals surface area contributed by atoms with Crippen LogP contribution < -0.4 is 25.6 Å². The van der Waals surface area contributed by atoms with Crippen LogP contribution in [0, 0.1) is 29.1 Å². The molecule has 1 saturated heterocycles. The molecule has 2 amide bonds. The molecule has 3 saturated carbocycles. The number of benzene rings is 3. The van der Waals surface area contributed by atoms with Gasteiger partial charge in [0.25, 0.3) is 5.91 Å². The Morgan fingerprint density at radius 3 is 2.56 bits per heavy atom. The molecule has 3 aliphatic carbocycles. The number of carbonyl (C=O) groups is 2. The van der Waals surface area contributed by atoms with Crippen molar-refractivity contribution in [3.63, 3.8) is 0 Å². The first-order valence-corrected chi connectivity index (χ1v) is 19.4. The summed E-state index contributed by atoms with van der Waals surface area (Å²) < 4.78 is 6.09. The fraction of sp³-hybridized carbons (Fsp3) is 0.535. The van der Waals surface area contributed by atoms with Crippen molar-refractivity contribution in [2.45, 2.75) is 83.8 Å². The zero-order valence-electron chi connectivity index (χ0n) is 32.6. The summed E-state index contributed by atoms with van der Waals surface area (Å²) in [5.41, 5.74) is 6.30. The van der Waals surface area contributed by atoms with Crippen molar-refractivity contribution in [2.24, 2.45) is 29.1 Å². The molecule has 5 aliphatic rings. The lowest BCUT2D eigenvalue weighted by Gasteiger charge is -2.62. The van der Waals surface area contributed by atoms with Gasteiger partial charge < -0.3 is 35.8 Å². The molecular formula is C43H57N5O6. The monoisotopic (exact) mass is 739 g/mol. The summed E-state index contributed by atoms with van der Waals surface area (Å²) in [6, 6.07) is 18.9. The van der Waals surface area contributed by atoms with Crippen LogP contribution in [0.1, 0.15) is 62.0 Å². The summed E-state index contributed by atoms with van der Waals surface area (Å²) in [5.74, 6) is 1.05. The Labute approximate surface area is 319 Å². The molecule has 8 rings (SSSR count). The second kappa shape index (κ2) is 15.2. The summed E-state index contributed by atoms with van der Waals surface area (Å²) in [4.78, 5) is 36.3. The third-order valence-electron chi connectivity index (χ3n) is 13.1. The van der Waals surface area contributed by atoms with E-state index in [9.17, 15) is 19.8 Å². The molecule has 5 N–H and O–H groups in total. The molecule has 54 heavy (non-hydrogen) atoms. The predicted molar refractivity (Wildman–Crippen MR) is 210 cm³/mol. The predicted octanol–water partition coefficient (Wildman–Crippen LogP) is 4.86. The van der Waals surface area contributed by atoms with Crippen molar-refractivity contribution in [3.05, 3.63) is 77.4 Å². The molecular weight excluding hydrogens is 683 g/mol. The lowest BCUT2D eigenvalue weighted by molar-refractivity contribution is -0.183. The Morgan fingerprint density at radius 2 is 1.87 bits per heavy atom. The van der Waals surface area contributed by atoms with Gasteiger partial charge in [0.1, 0.15) is 17.9 Å². The Morgan fingerprint density at radius 1 is 1.09 bits per heavy atom. The van der Waals surface area contributed by atoms with E-state index in [1.54, 1.807) is 19.1 Å². The highest BCUT2D eigenvalue weighted by Crippen LogP contribution is 2.61. The van der Waals surface area contributed by atoms with E-state index in [0.29, 0.717) is 35.6 Å². The SMILES string of the molecule is COc1c(CN2O[C@@H](CO)[C@H]([C@H](C)O)[C@H]2C(=O)N[C@H]2C[C@H]3C[C@@H]([C@@H]2C)C3(C)C)cccc1-c1cc(C(=O)NC2CNc3ccccc3C2)cc(N(C)C)c1.